The molecule has 1 aromatic rings. The van der Waals surface area contributed by atoms with Gasteiger partial charge in [0.2, 0.25) is 0 Å². The van der Waals surface area contributed by atoms with Gasteiger partial charge < -0.3 is 10.4 Å². The van der Waals surface area contributed by atoms with E-state index in [0.717, 1.165) is 32.1 Å². The van der Waals surface area contributed by atoms with Crippen molar-refractivity contribution in [1.29, 1.82) is 0 Å². The molecule has 0 aromatic heterocycles. The predicted octanol–water partition coefficient (Wildman–Crippen LogP) is 2.28. The van der Waals surface area contributed by atoms with Gasteiger partial charge in [-0.3, -0.25) is 4.79 Å². The molecule has 18 heavy (non-hydrogen) atoms. The lowest BCUT2D eigenvalue weighted by Gasteiger charge is -2.28. The fourth-order valence-electron chi connectivity index (χ4n) is 2.58. The van der Waals surface area contributed by atoms with Gasteiger partial charge in [0.1, 0.15) is 0 Å². The van der Waals surface area contributed by atoms with Crippen molar-refractivity contribution in [3.63, 3.8) is 0 Å². The number of aliphatic hydroxyl groups is 1. The summed E-state index contributed by atoms with van der Waals surface area (Å²) in [6.07, 6.45) is 4.89. The summed E-state index contributed by atoms with van der Waals surface area (Å²) in [5, 5.41) is 12.5. The van der Waals surface area contributed by atoms with Gasteiger partial charge in [0, 0.05) is 5.56 Å². The first-order valence-corrected chi connectivity index (χ1v) is 6.71. The third kappa shape index (κ3) is 2.72. The van der Waals surface area contributed by atoms with Gasteiger partial charge in [0.15, 0.2) is 0 Å². The fraction of sp³-hybridized carbons (Fsp3) is 0.533. The van der Waals surface area contributed by atoms with Crippen molar-refractivity contribution in [3.05, 3.63) is 35.4 Å². The fourth-order valence-corrected chi connectivity index (χ4v) is 2.58. The van der Waals surface area contributed by atoms with Crippen LogP contribution in [0.1, 0.15) is 48.5 Å². The van der Waals surface area contributed by atoms with Gasteiger partial charge in [-0.1, -0.05) is 31.9 Å². The van der Waals surface area contributed by atoms with Crippen LogP contribution >= 0.6 is 0 Å². The minimum atomic E-state index is -0.388. The zero-order valence-corrected chi connectivity index (χ0v) is 10.9. The van der Waals surface area contributed by atoms with E-state index in [4.69, 9.17) is 0 Å². The van der Waals surface area contributed by atoms with Crippen LogP contribution in [0.15, 0.2) is 24.3 Å². The Hall–Kier alpha value is -1.35. The Bertz CT molecular complexity index is 405. The van der Waals surface area contributed by atoms with Crippen LogP contribution in [-0.2, 0) is 6.42 Å². The molecule has 1 aromatic carbocycles. The topological polar surface area (TPSA) is 49.3 Å². The predicted molar refractivity (Wildman–Crippen MR) is 71.6 cm³/mol. The highest BCUT2D eigenvalue weighted by Crippen LogP contribution is 2.29. The minimum absolute atomic E-state index is 0.0335. The Morgan fingerprint density at radius 2 is 1.89 bits per heavy atom. The third-order valence-electron chi connectivity index (χ3n) is 3.87. The van der Waals surface area contributed by atoms with Gasteiger partial charge in [-0.2, -0.15) is 0 Å². The van der Waals surface area contributed by atoms with Gasteiger partial charge in [0.25, 0.3) is 5.91 Å². The van der Waals surface area contributed by atoms with Crippen LogP contribution in [0, 0.1) is 0 Å². The summed E-state index contributed by atoms with van der Waals surface area (Å²) >= 11 is 0. The van der Waals surface area contributed by atoms with E-state index in [9.17, 15) is 9.90 Å². The maximum Gasteiger partial charge on any atom is 0.251 e. The number of amides is 1. The number of carbonyl (C=O) groups excluding carboxylic acids is 1. The molecule has 0 bridgehead atoms. The van der Waals surface area contributed by atoms with E-state index < -0.39 is 0 Å². The van der Waals surface area contributed by atoms with Crippen LogP contribution in [0.3, 0.4) is 0 Å². The zero-order valence-electron chi connectivity index (χ0n) is 10.9. The number of benzene rings is 1. The first kappa shape index (κ1) is 13.1. The molecule has 0 aliphatic heterocycles. The second-order valence-corrected chi connectivity index (χ2v) is 5.15. The van der Waals surface area contributed by atoms with E-state index in [1.54, 1.807) is 0 Å². The van der Waals surface area contributed by atoms with E-state index in [1.165, 1.54) is 5.56 Å². The van der Waals surface area contributed by atoms with Crippen molar-refractivity contribution in [3.8, 4) is 0 Å². The number of aliphatic hydroxyl groups excluding tert-OH is 1. The number of hydrogen-bond acceptors (Lipinski definition) is 2. The molecule has 3 heteroatoms. The Labute approximate surface area is 108 Å². The molecule has 0 heterocycles. The van der Waals surface area contributed by atoms with Crippen molar-refractivity contribution in [2.45, 2.75) is 44.6 Å². The molecule has 1 fully saturated rings. The Morgan fingerprint density at radius 3 is 2.39 bits per heavy atom. The van der Waals surface area contributed by atoms with E-state index in [-0.39, 0.29) is 18.1 Å². The van der Waals surface area contributed by atoms with Crippen LogP contribution < -0.4 is 5.32 Å². The second kappa shape index (κ2) is 5.53. The molecule has 1 aliphatic rings. The van der Waals surface area contributed by atoms with Gasteiger partial charge >= 0.3 is 0 Å². The minimum Gasteiger partial charge on any atom is -0.394 e. The summed E-state index contributed by atoms with van der Waals surface area (Å²) in [4.78, 5) is 12.1. The highest BCUT2D eigenvalue weighted by atomic mass is 16.3. The normalized spacial score (nSPS) is 17.7. The molecule has 0 unspecified atom stereocenters. The van der Waals surface area contributed by atoms with Crippen molar-refractivity contribution in [2.75, 3.05) is 6.61 Å². The van der Waals surface area contributed by atoms with E-state index in [1.807, 2.05) is 24.3 Å². The van der Waals surface area contributed by atoms with Crippen LogP contribution in [0.25, 0.3) is 0 Å². The molecule has 0 saturated heterocycles. The molecule has 3 nitrogen and oxygen atoms in total. The molecule has 1 aliphatic carbocycles. The molecule has 1 amide bonds. The van der Waals surface area contributed by atoms with Crippen LogP contribution in [0.5, 0.6) is 0 Å². The van der Waals surface area contributed by atoms with Gasteiger partial charge in [-0.05, 0) is 37.0 Å². The van der Waals surface area contributed by atoms with E-state index in [0.29, 0.717) is 5.56 Å². The molecular weight excluding hydrogens is 226 g/mol. The van der Waals surface area contributed by atoms with Gasteiger partial charge in [-0.15, -0.1) is 0 Å². The number of nitrogens with one attached hydrogen (secondary N) is 1. The van der Waals surface area contributed by atoms with Gasteiger partial charge in [0.05, 0.1) is 12.1 Å². The molecule has 2 rings (SSSR count). The first-order valence-electron chi connectivity index (χ1n) is 6.71. The molecule has 0 atom stereocenters. The van der Waals surface area contributed by atoms with Crippen LogP contribution in [-0.4, -0.2) is 23.2 Å². The Balaban J connectivity index is 2.06. The monoisotopic (exact) mass is 247 g/mol. The van der Waals surface area contributed by atoms with E-state index >= 15 is 0 Å². The molecule has 0 spiro atoms. The number of carbonyl (C=O) groups is 1. The highest BCUT2D eigenvalue weighted by molar-refractivity contribution is 5.94. The summed E-state index contributed by atoms with van der Waals surface area (Å²) in [5.74, 6) is -0.0754. The maximum atomic E-state index is 12.1. The van der Waals surface area contributed by atoms with Crippen molar-refractivity contribution in [2.24, 2.45) is 0 Å². The molecular formula is C15H21NO2. The smallest absolute Gasteiger partial charge is 0.251 e. The number of aryl methyl sites for hydroxylation is 1. The lowest BCUT2D eigenvalue weighted by atomic mass is 9.98. The number of hydrogen-bond donors (Lipinski definition) is 2. The zero-order chi connectivity index (χ0) is 13.0. The molecule has 2 N–H and O–H groups in total. The second-order valence-electron chi connectivity index (χ2n) is 5.15. The molecule has 0 radical (unpaired) electrons. The summed E-state index contributed by atoms with van der Waals surface area (Å²) in [5.41, 5.74) is 1.51. The summed E-state index contributed by atoms with van der Waals surface area (Å²) < 4.78 is 0. The standard InChI is InChI=1S/C15H21NO2/c1-2-12-5-7-13(8-6-12)14(18)16-15(11-17)9-3-4-10-15/h5-8,17H,2-4,9-11H2,1H3,(H,16,18). The Kier molecular flexibility index (Phi) is 4.02. The van der Waals surface area contributed by atoms with E-state index in [2.05, 4.69) is 12.2 Å². The SMILES string of the molecule is CCc1ccc(C(=O)NC2(CO)CCCC2)cc1. The van der Waals surface area contributed by atoms with Crippen LogP contribution in [0.4, 0.5) is 0 Å². The van der Waals surface area contributed by atoms with Crippen molar-refractivity contribution >= 4 is 5.91 Å². The third-order valence-corrected chi connectivity index (χ3v) is 3.87. The maximum absolute atomic E-state index is 12.1. The van der Waals surface area contributed by atoms with Gasteiger partial charge in [-0.25, -0.2) is 0 Å². The number of rotatable bonds is 4. The first-order chi connectivity index (χ1) is 8.69. The largest absolute Gasteiger partial charge is 0.394 e. The molecule has 1 saturated carbocycles. The summed E-state index contributed by atoms with van der Waals surface area (Å²) in [6, 6.07) is 7.67. The Morgan fingerprint density at radius 1 is 1.28 bits per heavy atom. The van der Waals surface area contributed by atoms with Crippen molar-refractivity contribution < 1.29 is 9.90 Å². The average molecular weight is 247 g/mol. The lowest BCUT2D eigenvalue weighted by Crippen LogP contribution is -2.49. The molecule has 98 valence electrons. The average Bonchev–Trinajstić information content (AvgIpc) is 2.88. The lowest BCUT2D eigenvalue weighted by molar-refractivity contribution is 0.0838. The summed E-state index contributed by atoms with van der Waals surface area (Å²) in [7, 11) is 0. The van der Waals surface area contributed by atoms with Crippen molar-refractivity contribution in [1.82, 2.24) is 5.32 Å². The highest BCUT2D eigenvalue weighted by Gasteiger charge is 2.34. The quantitative estimate of drug-likeness (QED) is 0.857. The summed E-state index contributed by atoms with van der Waals surface area (Å²) in [6.45, 7) is 2.13. The van der Waals surface area contributed by atoms with Crippen LogP contribution in [0.2, 0.25) is 0 Å².